The van der Waals surface area contributed by atoms with E-state index < -0.39 is 10.0 Å². The molecule has 2 aliphatic rings. The van der Waals surface area contributed by atoms with E-state index in [0.717, 1.165) is 18.5 Å². The van der Waals surface area contributed by atoms with Crippen molar-refractivity contribution in [2.45, 2.75) is 69.4 Å². The van der Waals surface area contributed by atoms with Crippen LogP contribution in [-0.4, -0.2) is 48.0 Å². The Labute approximate surface area is 177 Å². The molecule has 2 N–H and O–H groups in total. The second-order valence-corrected chi connectivity index (χ2v) is 10.3. The van der Waals surface area contributed by atoms with Crippen molar-refractivity contribution in [3.05, 3.63) is 23.9 Å². The Morgan fingerprint density at radius 1 is 1.13 bits per heavy atom. The molecule has 9 heteroatoms. The number of nitrogens with one attached hydrogen (secondary N) is 2. The van der Waals surface area contributed by atoms with Gasteiger partial charge in [0.1, 0.15) is 5.69 Å². The Balaban J connectivity index is 1.35. The molecule has 2 aromatic heterocycles. The van der Waals surface area contributed by atoms with Gasteiger partial charge in [-0.3, -0.25) is 9.89 Å². The molecule has 0 aromatic carbocycles. The summed E-state index contributed by atoms with van der Waals surface area (Å²) in [6.45, 7) is 2.51. The number of piperidine rings is 1. The molecule has 164 valence electrons. The molecule has 0 atom stereocenters. The normalized spacial score (nSPS) is 20.2. The van der Waals surface area contributed by atoms with E-state index in [1.54, 1.807) is 12.1 Å². The second-order valence-electron chi connectivity index (χ2n) is 8.43. The number of carbonyl (C=O) groups is 1. The van der Waals surface area contributed by atoms with Crippen molar-refractivity contribution in [3.63, 3.8) is 0 Å². The van der Waals surface area contributed by atoms with E-state index in [1.165, 1.54) is 36.1 Å². The number of aromatic nitrogens is 2. The van der Waals surface area contributed by atoms with Crippen LogP contribution in [-0.2, 0) is 14.8 Å². The molecular formula is C21H30N4O4S. The number of hydrogen-bond donors (Lipinski definition) is 2. The largest absolute Gasteiger partial charge is 0.442 e. The zero-order chi connectivity index (χ0) is 21.1. The van der Waals surface area contributed by atoms with Gasteiger partial charge in [-0.25, -0.2) is 8.42 Å². The Bertz CT molecular complexity index is 965. The molecule has 0 spiro atoms. The third-order valence-electron chi connectivity index (χ3n) is 6.16. The molecule has 1 amide bonds. The predicted molar refractivity (Wildman–Crippen MR) is 112 cm³/mol. The lowest BCUT2D eigenvalue weighted by Gasteiger charge is -2.30. The molecule has 0 unspecified atom stereocenters. The van der Waals surface area contributed by atoms with Gasteiger partial charge in [0.2, 0.25) is 11.0 Å². The maximum atomic E-state index is 13.0. The van der Waals surface area contributed by atoms with E-state index in [0.29, 0.717) is 37.4 Å². The molecule has 30 heavy (non-hydrogen) atoms. The minimum Gasteiger partial charge on any atom is -0.442 e. The fourth-order valence-corrected chi connectivity index (χ4v) is 5.75. The van der Waals surface area contributed by atoms with Crippen LogP contribution in [0.3, 0.4) is 0 Å². The van der Waals surface area contributed by atoms with E-state index >= 15 is 0 Å². The Morgan fingerprint density at radius 3 is 2.47 bits per heavy atom. The Hall–Kier alpha value is -2.13. The number of carbonyl (C=O) groups excluding carboxylic acids is 1. The molecule has 4 rings (SSSR count). The smallest absolute Gasteiger partial charge is 0.276 e. The van der Waals surface area contributed by atoms with Crippen molar-refractivity contribution in [3.8, 4) is 11.5 Å². The fourth-order valence-electron chi connectivity index (χ4n) is 4.37. The Kier molecular flexibility index (Phi) is 6.29. The summed E-state index contributed by atoms with van der Waals surface area (Å²) < 4.78 is 33.0. The van der Waals surface area contributed by atoms with Gasteiger partial charge in [0.05, 0.1) is 0 Å². The number of amides is 1. The molecule has 8 nitrogen and oxygen atoms in total. The number of H-pyrrole nitrogens is 1. The van der Waals surface area contributed by atoms with Gasteiger partial charge in [0.15, 0.2) is 5.76 Å². The third kappa shape index (κ3) is 4.62. The summed E-state index contributed by atoms with van der Waals surface area (Å²) in [5.41, 5.74) is 1.44. The first kappa shape index (κ1) is 21.1. The topological polar surface area (TPSA) is 108 Å². The summed E-state index contributed by atoms with van der Waals surface area (Å²) in [5, 5.41) is 10.0. The van der Waals surface area contributed by atoms with Crippen LogP contribution in [0.5, 0.6) is 0 Å². The van der Waals surface area contributed by atoms with Crippen molar-refractivity contribution in [2.75, 3.05) is 13.1 Å². The van der Waals surface area contributed by atoms with Crippen LogP contribution in [0.25, 0.3) is 11.5 Å². The van der Waals surface area contributed by atoms with Gasteiger partial charge in [-0.15, -0.1) is 0 Å². The van der Waals surface area contributed by atoms with Crippen LogP contribution >= 0.6 is 0 Å². The van der Waals surface area contributed by atoms with E-state index in [-0.39, 0.29) is 23.0 Å². The predicted octanol–water partition coefficient (Wildman–Crippen LogP) is 3.22. The van der Waals surface area contributed by atoms with Crippen LogP contribution in [0.2, 0.25) is 0 Å². The van der Waals surface area contributed by atoms with Crippen LogP contribution in [0, 0.1) is 12.8 Å². The summed E-state index contributed by atoms with van der Waals surface area (Å²) in [6.07, 6.45) is 8.00. The van der Waals surface area contributed by atoms with Gasteiger partial charge >= 0.3 is 0 Å². The average molecular weight is 435 g/mol. The van der Waals surface area contributed by atoms with Crippen molar-refractivity contribution < 1.29 is 17.6 Å². The highest BCUT2D eigenvalue weighted by molar-refractivity contribution is 7.89. The van der Waals surface area contributed by atoms with Crippen LogP contribution in [0.15, 0.2) is 27.7 Å². The molecule has 1 saturated heterocycles. The number of sulfonamides is 1. The number of rotatable bonds is 5. The molecule has 3 heterocycles. The van der Waals surface area contributed by atoms with Crippen LogP contribution in [0.4, 0.5) is 0 Å². The Morgan fingerprint density at radius 2 is 1.83 bits per heavy atom. The van der Waals surface area contributed by atoms with Gasteiger partial charge in [-0.2, -0.15) is 9.40 Å². The molecule has 0 radical (unpaired) electrons. The van der Waals surface area contributed by atoms with Gasteiger partial charge in [-0.1, -0.05) is 25.7 Å². The average Bonchev–Trinajstić information content (AvgIpc) is 3.33. The van der Waals surface area contributed by atoms with E-state index in [2.05, 4.69) is 15.5 Å². The van der Waals surface area contributed by atoms with E-state index in [1.807, 2.05) is 6.92 Å². The van der Waals surface area contributed by atoms with Crippen molar-refractivity contribution in [1.82, 2.24) is 19.8 Å². The van der Waals surface area contributed by atoms with Gasteiger partial charge < -0.3 is 9.73 Å². The SMILES string of the molecule is Cc1cc(-c2ccc(S(=O)(=O)N3CCC(C(=O)NC4CCCCCC4)CC3)o2)n[nH]1. The summed E-state index contributed by atoms with van der Waals surface area (Å²) in [4.78, 5) is 12.7. The highest BCUT2D eigenvalue weighted by Gasteiger charge is 2.34. The van der Waals surface area contributed by atoms with Gasteiger partial charge in [0, 0.05) is 30.7 Å². The number of aryl methyl sites for hydroxylation is 1. The van der Waals surface area contributed by atoms with Crippen molar-refractivity contribution in [1.29, 1.82) is 0 Å². The molecule has 1 aliphatic heterocycles. The summed E-state index contributed by atoms with van der Waals surface area (Å²) in [7, 11) is -3.73. The monoisotopic (exact) mass is 434 g/mol. The highest BCUT2D eigenvalue weighted by Crippen LogP contribution is 2.28. The third-order valence-corrected chi connectivity index (χ3v) is 7.93. The lowest BCUT2D eigenvalue weighted by molar-refractivity contribution is -0.126. The molecular weight excluding hydrogens is 404 g/mol. The lowest BCUT2D eigenvalue weighted by atomic mass is 9.96. The number of hydrogen-bond acceptors (Lipinski definition) is 5. The summed E-state index contributed by atoms with van der Waals surface area (Å²) >= 11 is 0. The fraction of sp³-hybridized carbons (Fsp3) is 0.619. The zero-order valence-electron chi connectivity index (χ0n) is 17.4. The summed E-state index contributed by atoms with van der Waals surface area (Å²) in [5.74, 6) is 0.364. The maximum Gasteiger partial charge on any atom is 0.276 e. The lowest BCUT2D eigenvalue weighted by Crippen LogP contribution is -2.45. The van der Waals surface area contributed by atoms with Gasteiger partial charge in [0.25, 0.3) is 10.0 Å². The second kappa shape index (κ2) is 8.93. The summed E-state index contributed by atoms with van der Waals surface area (Å²) in [6, 6.07) is 5.16. The molecule has 0 bridgehead atoms. The van der Waals surface area contributed by atoms with Crippen LogP contribution < -0.4 is 5.32 Å². The van der Waals surface area contributed by atoms with E-state index in [9.17, 15) is 13.2 Å². The first-order valence-electron chi connectivity index (χ1n) is 10.9. The molecule has 2 aromatic rings. The number of furan rings is 1. The molecule has 2 fully saturated rings. The number of nitrogens with zero attached hydrogens (tertiary/aromatic N) is 2. The maximum absolute atomic E-state index is 13.0. The standard InChI is InChI=1S/C21H30N4O4S/c1-15-14-18(24-23-15)19-8-9-20(29-19)30(27,28)25-12-10-16(11-13-25)21(26)22-17-6-4-2-3-5-7-17/h8-9,14,16-17H,2-7,10-13H2,1H3,(H,22,26)(H,23,24). The van der Waals surface area contributed by atoms with Crippen molar-refractivity contribution in [2.24, 2.45) is 5.92 Å². The van der Waals surface area contributed by atoms with Crippen molar-refractivity contribution >= 4 is 15.9 Å². The van der Waals surface area contributed by atoms with Gasteiger partial charge in [-0.05, 0) is 50.8 Å². The molecule has 1 saturated carbocycles. The number of aromatic amines is 1. The molecule has 1 aliphatic carbocycles. The minimum atomic E-state index is -3.73. The minimum absolute atomic E-state index is 0.0770. The van der Waals surface area contributed by atoms with Crippen LogP contribution in [0.1, 0.15) is 57.1 Å². The first-order chi connectivity index (χ1) is 14.4. The van der Waals surface area contributed by atoms with E-state index in [4.69, 9.17) is 4.42 Å². The zero-order valence-corrected chi connectivity index (χ0v) is 18.2. The quantitative estimate of drug-likeness (QED) is 0.703. The first-order valence-corrected chi connectivity index (χ1v) is 12.3. The highest BCUT2D eigenvalue weighted by atomic mass is 32.2.